The molecule has 1 heterocycles. The summed E-state index contributed by atoms with van der Waals surface area (Å²) in [6.07, 6.45) is 0.340. The number of halogens is 1. The van der Waals surface area contributed by atoms with Gasteiger partial charge in [0.2, 0.25) is 5.91 Å². The van der Waals surface area contributed by atoms with Crippen molar-refractivity contribution in [3.8, 4) is 17.2 Å². The lowest BCUT2D eigenvalue weighted by Gasteiger charge is -2.04. The number of hydrogen-bond acceptors (Lipinski definition) is 6. The smallest absolute Gasteiger partial charge is 0.276 e. The van der Waals surface area contributed by atoms with Gasteiger partial charge in [-0.1, -0.05) is 39.8 Å². The van der Waals surface area contributed by atoms with E-state index < -0.39 is 0 Å². The van der Waals surface area contributed by atoms with E-state index in [0.717, 1.165) is 15.7 Å². The molecular weight excluding hydrogens is 418 g/mol. The van der Waals surface area contributed by atoms with Crippen molar-refractivity contribution >= 4 is 39.3 Å². The molecule has 3 aromatic rings. The molecule has 1 N–H and O–H groups in total. The zero-order valence-corrected chi connectivity index (χ0v) is 16.3. The SMILES string of the molecule is COc1ccccc1-c1nnc(SCCC(=O)Nc2ccc(Br)cc2)o1. The molecule has 0 aliphatic carbocycles. The Bertz CT molecular complexity index is 883. The predicted octanol–water partition coefficient (Wildman–Crippen LogP) is 4.63. The van der Waals surface area contributed by atoms with Crippen molar-refractivity contribution in [2.45, 2.75) is 11.6 Å². The number of nitrogens with zero attached hydrogens (tertiary/aromatic N) is 2. The molecular formula is C18H16BrN3O3S. The number of rotatable bonds is 7. The summed E-state index contributed by atoms with van der Waals surface area (Å²) >= 11 is 4.70. The monoisotopic (exact) mass is 433 g/mol. The van der Waals surface area contributed by atoms with Crippen LogP contribution in [0.3, 0.4) is 0 Å². The van der Waals surface area contributed by atoms with Crippen LogP contribution in [-0.4, -0.2) is 29.0 Å². The van der Waals surface area contributed by atoms with Crippen LogP contribution in [0.15, 0.2) is 62.6 Å². The fourth-order valence-corrected chi connectivity index (χ4v) is 3.15. The maximum absolute atomic E-state index is 12.0. The third kappa shape index (κ3) is 4.86. The molecule has 0 radical (unpaired) electrons. The normalized spacial score (nSPS) is 10.5. The molecule has 0 aliphatic rings. The number of ether oxygens (including phenoxy) is 1. The second-order valence-electron chi connectivity index (χ2n) is 5.23. The average molecular weight is 434 g/mol. The molecule has 0 unspecified atom stereocenters. The van der Waals surface area contributed by atoms with Crippen LogP contribution >= 0.6 is 27.7 Å². The van der Waals surface area contributed by atoms with E-state index >= 15 is 0 Å². The Balaban J connectivity index is 1.52. The second-order valence-corrected chi connectivity index (χ2v) is 7.19. The number of hydrogen-bond donors (Lipinski definition) is 1. The Labute approximate surface area is 163 Å². The third-order valence-corrected chi connectivity index (χ3v) is 4.78. The predicted molar refractivity (Wildman–Crippen MR) is 104 cm³/mol. The molecule has 0 atom stereocenters. The number of thioether (sulfide) groups is 1. The summed E-state index contributed by atoms with van der Waals surface area (Å²) < 4.78 is 11.9. The summed E-state index contributed by atoms with van der Waals surface area (Å²) in [5, 5.41) is 11.3. The minimum atomic E-state index is -0.0655. The largest absolute Gasteiger partial charge is 0.496 e. The number of nitrogens with one attached hydrogen (secondary N) is 1. The lowest BCUT2D eigenvalue weighted by Crippen LogP contribution is -2.11. The maximum Gasteiger partial charge on any atom is 0.276 e. The molecule has 0 saturated carbocycles. The highest BCUT2D eigenvalue weighted by molar-refractivity contribution is 9.10. The molecule has 0 bridgehead atoms. The van der Waals surface area contributed by atoms with Gasteiger partial charge in [-0.3, -0.25) is 4.79 Å². The van der Waals surface area contributed by atoms with Gasteiger partial charge in [-0.25, -0.2) is 0 Å². The molecule has 0 fully saturated rings. The number of para-hydroxylation sites is 1. The number of carbonyl (C=O) groups excluding carboxylic acids is 1. The van der Waals surface area contributed by atoms with Crippen molar-refractivity contribution in [3.63, 3.8) is 0 Å². The van der Waals surface area contributed by atoms with E-state index in [2.05, 4.69) is 31.4 Å². The summed E-state index contributed by atoms with van der Waals surface area (Å²) in [5.41, 5.74) is 1.50. The Kier molecular flexibility index (Phi) is 6.30. The van der Waals surface area contributed by atoms with E-state index in [4.69, 9.17) is 9.15 Å². The topological polar surface area (TPSA) is 77.2 Å². The zero-order valence-electron chi connectivity index (χ0n) is 13.9. The van der Waals surface area contributed by atoms with Gasteiger partial charge in [0.25, 0.3) is 11.1 Å². The van der Waals surface area contributed by atoms with Crippen molar-refractivity contribution < 1.29 is 13.9 Å². The summed E-state index contributed by atoms with van der Waals surface area (Å²) in [6.45, 7) is 0. The number of carbonyl (C=O) groups is 1. The number of amides is 1. The standard InChI is InChI=1S/C18H16BrN3O3S/c1-24-15-5-3-2-4-14(15)17-21-22-18(25-17)26-11-10-16(23)20-13-8-6-12(19)7-9-13/h2-9H,10-11H2,1H3,(H,20,23). The first-order valence-corrected chi connectivity index (χ1v) is 9.58. The van der Waals surface area contributed by atoms with Gasteiger partial charge in [0.1, 0.15) is 5.75 Å². The van der Waals surface area contributed by atoms with Crippen LogP contribution in [0.2, 0.25) is 0 Å². The average Bonchev–Trinajstić information content (AvgIpc) is 3.12. The van der Waals surface area contributed by atoms with Gasteiger partial charge in [-0.05, 0) is 36.4 Å². The lowest BCUT2D eigenvalue weighted by molar-refractivity contribution is -0.115. The van der Waals surface area contributed by atoms with Crippen molar-refractivity contribution in [3.05, 3.63) is 53.0 Å². The van der Waals surface area contributed by atoms with E-state index in [1.807, 2.05) is 48.5 Å². The molecule has 6 nitrogen and oxygen atoms in total. The highest BCUT2D eigenvalue weighted by Crippen LogP contribution is 2.30. The van der Waals surface area contributed by atoms with Crippen LogP contribution in [0, 0.1) is 0 Å². The maximum atomic E-state index is 12.0. The van der Waals surface area contributed by atoms with Crippen molar-refractivity contribution in [1.29, 1.82) is 0 Å². The Morgan fingerprint density at radius 2 is 1.96 bits per heavy atom. The molecule has 2 aromatic carbocycles. The van der Waals surface area contributed by atoms with Gasteiger partial charge in [-0.15, -0.1) is 10.2 Å². The molecule has 26 heavy (non-hydrogen) atoms. The number of aromatic nitrogens is 2. The quantitative estimate of drug-likeness (QED) is 0.547. The summed E-state index contributed by atoms with van der Waals surface area (Å²) in [5.74, 6) is 1.53. The molecule has 8 heteroatoms. The Hall–Kier alpha value is -2.32. The molecule has 1 aromatic heterocycles. The summed E-state index contributed by atoms with van der Waals surface area (Å²) in [6, 6.07) is 14.9. The van der Waals surface area contributed by atoms with E-state index in [0.29, 0.717) is 29.0 Å². The van der Waals surface area contributed by atoms with Gasteiger partial charge in [0.15, 0.2) is 0 Å². The van der Waals surface area contributed by atoms with Crippen molar-refractivity contribution in [2.75, 3.05) is 18.2 Å². The van der Waals surface area contributed by atoms with E-state index in [9.17, 15) is 4.79 Å². The number of methoxy groups -OCH3 is 1. The van der Waals surface area contributed by atoms with Gasteiger partial charge < -0.3 is 14.5 Å². The highest BCUT2D eigenvalue weighted by Gasteiger charge is 2.13. The Morgan fingerprint density at radius 3 is 2.73 bits per heavy atom. The summed E-state index contributed by atoms with van der Waals surface area (Å²) in [7, 11) is 1.59. The molecule has 1 amide bonds. The van der Waals surface area contributed by atoms with Crippen molar-refractivity contribution in [2.24, 2.45) is 0 Å². The Morgan fingerprint density at radius 1 is 1.19 bits per heavy atom. The van der Waals surface area contributed by atoms with E-state index in [-0.39, 0.29) is 5.91 Å². The first-order valence-electron chi connectivity index (χ1n) is 7.81. The minimum absolute atomic E-state index is 0.0655. The van der Waals surface area contributed by atoms with E-state index in [1.165, 1.54) is 11.8 Å². The number of anilines is 1. The van der Waals surface area contributed by atoms with Crippen LogP contribution in [0.25, 0.3) is 11.5 Å². The van der Waals surface area contributed by atoms with Crippen LogP contribution in [0.5, 0.6) is 5.75 Å². The molecule has 0 aliphatic heterocycles. The first-order chi connectivity index (χ1) is 12.7. The molecule has 134 valence electrons. The third-order valence-electron chi connectivity index (χ3n) is 3.43. The summed E-state index contributed by atoms with van der Waals surface area (Å²) in [4.78, 5) is 12.0. The molecule has 0 saturated heterocycles. The van der Waals surface area contributed by atoms with E-state index in [1.54, 1.807) is 7.11 Å². The fourth-order valence-electron chi connectivity index (χ4n) is 2.19. The number of benzene rings is 2. The molecule has 0 spiro atoms. The van der Waals surface area contributed by atoms with Gasteiger partial charge in [0, 0.05) is 22.3 Å². The van der Waals surface area contributed by atoms with Gasteiger partial charge in [0.05, 0.1) is 12.7 Å². The lowest BCUT2D eigenvalue weighted by atomic mass is 10.2. The van der Waals surface area contributed by atoms with Crippen LogP contribution in [0.4, 0.5) is 5.69 Å². The van der Waals surface area contributed by atoms with Crippen LogP contribution < -0.4 is 10.1 Å². The minimum Gasteiger partial charge on any atom is -0.496 e. The highest BCUT2D eigenvalue weighted by atomic mass is 79.9. The first kappa shape index (κ1) is 18.5. The zero-order chi connectivity index (χ0) is 18.4. The molecule has 3 rings (SSSR count). The fraction of sp³-hybridized carbons (Fsp3) is 0.167. The van der Waals surface area contributed by atoms with Gasteiger partial charge >= 0.3 is 0 Å². The van der Waals surface area contributed by atoms with Gasteiger partial charge in [-0.2, -0.15) is 0 Å². The second kappa shape index (κ2) is 8.86. The van der Waals surface area contributed by atoms with Crippen LogP contribution in [0.1, 0.15) is 6.42 Å². The van der Waals surface area contributed by atoms with Crippen LogP contribution in [-0.2, 0) is 4.79 Å². The van der Waals surface area contributed by atoms with Crippen molar-refractivity contribution in [1.82, 2.24) is 10.2 Å².